The highest BCUT2D eigenvalue weighted by molar-refractivity contribution is 14.1. The molecular weight excluding hydrogens is 470 g/mol. The van der Waals surface area contributed by atoms with E-state index in [0.29, 0.717) is 45.3 Å². The van der Waals surface area contributed by atoms with Crippen LogP contribution in [0.5, 0.6) is 11.5 Å². The van der Waals surface area contributed by atoms with E-state index in [1.54, 1.807) is 24.3 Å². The second-order valence-corrected chi connectivity index (χ2v) is 6.86. The van der Waals surface area contributed by atoms with Crippen molar-refractivity contribution >= 4 is 55.9 Å². The predicted octanol–water partition coefficient (Wildman–Crippen LogP) is 4.71. The Labute approximate surface area is 148 Å². The Hall–Kier alpha value is -0.790. The first-order chi connectivity index (χ1) is 10.1. The second kappa shape index (κ2) is 6.14. The molecule has 0 spiro atoms. The molecule has 6 heteroatoms. The number of hydrogen-bond donors (Lipinski definition) is 0. The SMILES string of the molecule is O=C(c1ccc(I)c(Cl)c1)c1cc2c(cc1Br)OCCO2. The summed E-state index contributed by atoms with van der Waals surface area (Å²) in [5.74, 6) is 1.12. The molecule has 3 rings (SSSR count). The molecule has 1 aliphatic rings. The molecule has 0 saturated heterocycles. The van der Waals surface area contributed by atoms with Gasteiger partial charge in [-0.05, 0) is 68.9 Å². The summed E-state index contributed by atoms with van der Waals surface area (Å²) in [4.78, 5) is 12.6. The number of rotatable bonds is 2. The second-order valence-electron chi connectivity index (χ2n) is 4.43. The van der Waals surface area contributed by atoms with Crippen LogP contribution in [0.25, 0.3) is 0 Å². The number of fused-ring (bicyclic) bond motifs is 1. The lowest BCUT2D eigenvalue weighted by molar-refractivity contribution is 0.103. The Bertz CT molecular complexity index is 733. The lowest BCUT2D eigenvalue weighted by Gasteiger charge is -2.19. The number of ether oxygens (including phenoxy) is 2. The van der Waals surface area contributed by atoms with E-state index >= 15 is 0 Å². The molecular formula is C15H9BrClIO3. The van der Waals surface area contributed by atoms with Crippen LogP contribution in [0.3, 0.4) is 0 Å². The van der Waals surface area contributed by atoms with E-state index in [4.69, 9.17) is 21.1 Å². The average Bonchev–Trinajstić information content (AvgIpc) is 2.48. The van der Waals surface area contributed by atoms with Gasteiger partial charge in [-0.25, -0.2) is 0 Å². The van der Waals surface area contributed by atoms with Crippen LogP contribution in [0.2, 0.25) is 5.02 Å². The molecule has 0 amide bonds. The van der Waals surface area contributed by atoms with Crippen LogP contribution in [0.4, 0.5) is 0 Å². The third kappa shape index (κ3) is 3.05. The summed E-state index contributed by atoms with van der Waals surface area (Å²) in [6.45, 7) is 0.997. The molecule has 0 atom stereocenters. The molecule has 0 aromatic heterocycles. The Balaban J connectivity index is 2.03. The van der Waals surface area contributed by atoms with Gasteiger partial charge in [0.1, 0.15) is 13.2 Å². The zero-order valence-corrected chi connectivity index (χ0v) is 15.2. The fourth-order valence-corrected chi connectivity index (χ4v) is 3.05. The van der Waals surface area contributed by atoms with E-state index in [9.17, 15) is 4.79 Å². The van der Waals surface area contributed by atoms with Gasteiger partial charge in [-0.3, -0.25) is 4.79 Å². The maximum Gasteiger partial charge on any atom is 0.194 e. The fraction of sp³-hybridized carbons (Fsp3) is 0.133. The first-order valence-electron chi connectivity index (χ1n) is 6.15. The minimum absolute atomic E-state index is 0.114. The molecule has 0 radical (unpaired) electrons. The van der Waals surface area contributed by atoms with Crippen molar-refractivity contribution in [2.24, 2.45) is 0 Å². The topological polar surface area (TPSA) is 35.5 Å². The van der Waals surface area contributed by atoms with E-state index in [1.807, 2.05) is 6.07 Å². The van der Waals surface area contributed by atoms with Gasteiger partial charge in [0, 0.05) is 19.2 Å². The van der Waals surface area contributed by atoms with Gasteiger partial charge >= 0.3 is 0 Å². The highest BCUT2D eigenvalue weighted by Crippen LogP contribution is 2.36. The van der Waals surface area contributed by atoms with Gasteiger partial charge in [-0.2, -0.15) is 0 Å². The molecule has 0 unspecified atom stereocenters. The summed E-state index contributed by atoms with van der Waals surface area (Å²) in [6, 6.07) is 8.72. The van der Waals surface area contributed by atoms with Crippen LogP contribution < -0.4 is 9.47 Å². The van der Waals surface area contributed by atoms with E-state index < -0.39 is 0 Å². The molecule has 0 aliphatic carbocycles. The molecule has 1 aliphatic heterocycles. The highest BCUT2D eigenvalue weighted by Gasteiger charge is 2.20. The molecule has 1 heterocycles. The van der Waals surface area contributed by atoms with Gasteiger partial charge < -0.3 is 9.47 Å². The van der Waals surface area contributed by atoms with Gasteiger partial charge in [0.2, 0.25) is 0 Å². The molecule has 2 aromatic carbocycles. The van der Waals surface area contributed by atoms with E-state index in [0.717, 1.165) is 3.57 Å². The molecule has 0 N–H and O–H groups in total. The molecule has 3 nitrogen and oxygen atoms in total. The molecule has 2 aromatic rings. The van der Waals surface area contributed by atoms with Gasteiger partial charge in [-0.15, -0.1) is 0 Å². The van der Waals surface area contributed by atoms with Crippen molar-refractivity contribution in [2.45, 2.75) is 0 Å². The molecule has 0 bridgehead atoms. The highest BCUT2D eigenvalue weighted by atomic mass is 127. The number of carbonyl (C=O) groups is 1. The summed E-state index contributed by atoms with van der Waals surface area (Å²) in [6.07, 6.45) is 0. The summed E-state index contributed by atoms with van der Waals surface area (Å²) in [5, 5.41) is 0.565. The van der Waals surface area contributed by atoms with E-state index in [2.05, 4.69) is 38.5 Å². The first kappa shape index (κ1) is 15.1. The molecule has 0 saturated carbocycles. The Morgan fingerprint density at radius 2 is 1.81 bits per heavy atom. The van der Waals surface area contributed by atoms with Gasteiger partial charge in [0.25, 0.3) is 0 Å². The summed E-state index contributed by atoms with van der Waals surface area (Å²) >= 11 is 11.6. The van der Waals surface area contributed by atoms with Crippen LogP contribution in [0, 0.1) is 3.57 Å². The maximum atomic E-state index is 12.6. The zero-order chi connectivity index (χ0) is 15.0. The van der Waals surface area contributed by atoms with Crippen molar-refractivity contribution in [3.63, 3.8) is 0 Å². The van der Waals surface area contributed by atoms with Crippen molar-refractivity contribution in [1.29, 1.82) is 0 Å². The fourth-order valence-electron chi connectivity index (χ4n) is 2.03. The lowest BCUT2D eigenvalue weighted by Crippen LogP contribution is -2.16. The number of ketones is 1. The normalized spacial score (nSPS) is 13.1. The van der Waals surface area contributed by atoms with Crippen LogP contribution in [-0.4, -0.2) is 19.0 Å². The quantitative estimate of drug-likeness (QED) is 0.463. The Kier molecular flexibility index (Phi) is 4.42. The molecule has 21 heavy (non-hydrogen) atoms. The van der Waals surface area contributed by atoms with Crippen molar-refractivity contribution < 1.29 is 14.3 Å². The monoisotopic (exact) mass is 478 g/mol. The van der Waals surface area contributed by atoms with Crippen molar-refractivity contribution in [2.75, 3.05) is 13.2 Å². The lowest BCUT2D eigenvalue weighted by atomic mass is 10.0. The first-order valence-corrected chi connectivity index (χ1v) is 8.40. The van der Waals surface area contributed by atoms with Crippen molar-refractivity contribution in [3.8, 4) is 11.5 Å². The van der Waals surface area contributed by atoms with Crippen LogP contribution in [-0.2, 0) is 0 Å². The summed E-state index contributed by atoms with van der Waals surface area (Å²) in [5.41, 5.74) is 1.06. The zero-order valence-electron chi connectivity index (χ0n) is 10.7. The Morgan fingerprint density at radius 1 is 1.14 bits per heavy atom. The molecule has 0 fully saturated rings. The minimum atomic E-state index is -0.114. The number of benzene rings is 2. The smallest absolute Gasteiger partial charge is 0.194 e. The molecule has 108 valence electrons. The minimum Gasteiger partial charge on any atom is -0.486 e. The van der Waals surface area contributed by atoms with Crippen molar-refractivity contribution in [1.82, 2.24) is 0 Å². The van der Waals surface area contributed by atoms with E-state index in [-0.39, 0.29) is 5.78 Å². The third-order valence-electron chi connectivity index (χ3n) is 3.06. The third-order valence-corrected chi connectivity index (χ3v) is 5.29. The van der Waals surface area contributed by atoms with Gasteiger partial charge in [0.15, 0.2) is 17.3 Å². The van der Waals surface area contributed by atoms with Crippen LogP contribution in [0.1, 0.15) is 15.9 Å². The van der Waals surface area contributed by atoms with Gasteiger partial charge in [0.05, 0.1) is 5.02 Å². The number of halogens is 3. The van der Waals surface area contributed by atoms with E-state index in [1.165, 1.54) is 0 Å². The Morgan fingerprint density at radius 3 is 2.48 bits per heavy atom. The van der Waals surface area contributed by atoms with Crippen LogP contribution in [0.15, 0.2) is 34.8 Å². The number of hydrogen-bond acceptors (Lipinski definition) is 3. The standard InChI is InChI=1S/C15H9BrClIO3/c16-10-7-14-13(20-3-4-21-14)6-9(10)15(19)8-1-2-12(18)11(17)5-8/h1-2,5-7H,3-4H2. The van der Waals surface area contributed by atoms with Crippen LogP contribution >= 0.6 is 50.1 Å². The summed E-state index contributed by atoms with van der Waals surface area (Å²) < 4.78 is 12.6. The maximum absolute atomic E-state index is 12.6. The average molecular weight is 479 g/mol. The van der Waals surface area contributed by atoms with Crippen molar-refractivity contribution in [3.05, 3.63) is 54.5 Å². The predicted molar refractivity (Wildman–Crippen MR) is 92.7 cm³/mol. The largest absolute Gasteiger partial charge is 0.486 e. The number of carbonyl (C=O) groups excluding carboxylic acids is 1. The summed E-state index contributed by atoms with van der Waals surface area (Å²) in [7, 11) is 0. The van der Waals surface area contributed by atoms with Gasteiger partial charge in [-0.1, -0.05) is 11.6 Å².